The molecule has 0 bridgehead atoms. The average molecular weight is 266 g/mol. The normalized spacial score (nSPS) is 10.6. The summed E-state index contributed by atoms with van der Waals surface area (Å²) in [6.45, 7) is 3.73. The van der Waals surface area contributed by atoms with Crippen molar-refractivity contribution in [1.29, 1.82) is 0 Å². The maximum absolute atomic E-state index is 6.08. The van der Waals surface area contributed by atoms with Crippen molar-refractivity contribution in [2.24, 2.45) is 0 Å². The van der Waals surface area contributed by atoms with E-state index in [-0.39, 0.29) is 0 Å². The first-order valence-electron chi connectivity index (χ1n) is 6.00. The maximum Gasteiger partial charge on any atom is 0.137 e. The van der Waals surface area contributed by atoms with Gasteiger partial charge in [-0.2, -0.15) is 0 Å². The van der Waals surface area contributed by atoms with Crippen molar-refractivity contribution < 1.29 is 0 Å². The molecule has 0 saturated carbocycles. The monoisotopic (exact) mass is 265 g/mol. The highest BCUT2D eigenvalue weighted by Crippen LogP contribution is 2.21. The fourth-order valence-electron chi connectivity index (χ4n) is 1.74. The highest BCUT2D eigenvalue weighted by atomic mass is 35.5. The van der Waals surface area contributed by atoms with Gasteiger partial charge in [-0.1, -0.05) is 24.9 Å². The van der Waals surface area contributed by atoms with Crippen molar-refractivity contribution in [3.05, 3.63) is 35.8 Å². The summed E-state index contributed by atoms with van der Waals surface area (Å²) in [6.07, 6.45) is 8.88. The lowest BCUT2D eigenvalue weighted by molar-refractivity contribution is 0.723. The molecule has 2 heterocycles. The Morgan fingerprint density at radius 3 is 3.00 bits per heavy atom. The molecule has 18 heavy (non-hydrogen) atoms. The van der Waals surface area contributed by atoms with E-state index < -0.39 is 0 Å². The van der Waals surface area contributed by atoms with E-state index in [1.807, 2.05) is 10.8 Å². The van der Waals surface area contributed by atoms with E-state index in [2.05, 4.69) is 27.2 Å². The summed E-state index contributed by atoms with van der Waals surface area (Å²) in [5.41, 5.74) is 0.993. The van der Waals surface area contributed by atoms with Gasteiger partial charge in [0.15, 0.2) is 0 Å². The van der Waals surface area contributed by atoms with E-state index >= 15 is 0 Å². The third-order valence-corrected chi connectivity index (χ3v) is 2.94. The van der Waals surface area contributed by atoms with Gasteiger partial charge in [0.1, 0.15) is 17.3 Å². The summed E-state index contributed by atoms with van der Waals surface area (Å²) < 4.78 is 2.01. The zero-order valence-electron chi connectivity index (χ0n) is 10.3. The molecule has 96 valence electrons. The van der Waals surface area contributed by atoms with Gasteiger partial charge < -0.3 is 9.88 Å². The Morgan fingerprint density at radius 1 is 1.39 bits per heavy atom. The summed E-state index contributed by atoms with van der Waals surface area (Å²) >= 11 is 6.08. The molecule has 0 fully saturated rings. The van der Waals surface area contributed by atoms with E-state index in [1.54, 1.807) is 12.5 Å². The van der Waals surface area contributed by atoms with Gasteiger partial charge in [-0.25, -0.2) is 15.0 Å². The number of nitrogens with zero attached hydrogens (tertiary/aromatic N) is 4. The number of imidazole rings is 1. The highest BCUT2D eigenvalue weighted by Gasteiger charge is 2.08. The Labute approximate surface area is 111 Å². The van der Waals surface area contributed by atoms with E-state index in [0.717, 1.165) is 37.3 Å². The molecular weight excluding hydrogens is 250 g/mol. The van der Waals surface area contributed by atoms with Crippen molar-refractivity contribution in [1.82, 2.24) is 19.5 Å². The van der Waals surface area contributed by atoms with Crippen molar-refractivity contribution in [3.8, 4) is 0 Å². The first-order chi connectivity index (χ1) is 8.81. The van der Waals surface area contributed by atoms with Crippen LogP contribution in [0, 0.1) is 0 Å². The number of halogens is 1. The molecule has 0 aromatic carbocycles. The van der Waals surface area contributed by atoms with Crippen molar-refractivity contribution >= 4 is 17.4 Å². The molecule has 2 aromatic heterocycles. The zero-order chi connectivity index (χ0) is 12.8. The van der Waals surface area contributed by atoms with Gasteiger partial charge in [0.2, 0.25) is 0 Å². The van der Waals surface area contributed by atoms with Gasteiger partial charge in [0.05, 0.1) is 6.33 Å². The molecule has 0 radical (unpaired) electrons. The second-order valence-electron chi connectivity index (χ2n) is 3.97. The Morgan fingerprint density at radius 2 is 2.28 bits per heavy atom. The van der Waals surface area contributed by atoms with Crippen molar-refractivity contribution in [3.63, 3.8) is 0 Å². The topological polar surface area (TPSA) is 55.6 Å². The lowest BCUT2D eigenvalue weighted by Gasteiger charge is -2.11. The molecule has 0 amide bonds. The largest absolute Gasteiger partial charge is 0.368 e. The van der Waals surface area contributed by atoms with Crippen LogP contribution in [0.4, 0.5) is 5.82 Å². The standard InChI is InChI=1S/C12H16ClN5/c1-2-3-10-11(13)16-8-17-12(10)15-5-7-18-6-4-14-9-18/h4,6,8-9H,2-3,5,7H2,1H3,(H,15,16,17). The number of nitrogens with one attached hydrogen (secondary N) is 1. The molecular formula is C12H16ClN5. The Hall–Kier alpha value is -1.62. The summed E-state index contributed by atoms with van der Waals surface area (Å²) in [5, 5.41) is 3.83. The van der Waals surface area contributed by atoms with Crippen LogP contribution in [0.3, 0.4) is 0 Å². The molecule has 1 N–H and O–H groups in total. The Bertz CT molecular complexity index is 483. The molecule has 0 spiro atoms. The van der Waals surface area contributed by atoms with Crippen LogP contribution in [0.5, 0.6) is 0 Å². The first-order valence-corrected chi connectivity index (χ1v) is 6.38. The van der Waals surface area contributed by atoms with Crippen LogP contribution in [-0.4, -0.2) is 26.1 Å². The van der Waals surface area contributed by atoms with Crippen LogP contribution in [-0.2, 0) is 13.0 Å². The minimum absolute atomic E-state index is 0.539. The van der Waals surface area contributed by atoms with Crippen LogP contribution >= 0.6 is 11.6 Å². The summed E-state index contributed by atoms with van der Waals surface area (Å²) in [7, 11) is 0. The van der Waals surface area contributed by atoms with E-state index in [1.165, 1.54) is 6.33 Å². The molecule has 5 nitrogen and oxygen atoms in total. The van der Waals surface area contributed by atoms with Crippen LogP contribution in [0.2, 0.25) is 5.15 Å². The molecule has 6 heteroatoms. The Kier molecular flexibility index (Phi) is 4.52. The molecule has 0 atom stereocenters. The SMILES string of the molecule is CCCc1c(Cl)ncnc1NCCn1ccnc1. The molecule has 0 aliphatic carbocycles. The van der Waals surface area contributed by atoms with Gasteiger partial charge in [-0.15, -0.1) is 0 Å². The van der Waals surface area contributed by atoms with Crippen LogP contribution in [0.1, 0.15) is 18.9 Å². The van der Waals surface area contributed by atoms with Crippen molar-refractivity contribution in [2.45, 2.75) is 26.3 Å². The molecule has 2 rings (SSSR count). The fraction of sp³-hybridized carbons (Fsp3) is 0.417. The molecule has 0 unspecified atom stereocenters. The first kappa shape index (κ1) is 12.8. The third-order valence-electron chi connectivity index (χ3n) is 2.61. The van der Waals surface area contributed by atoms with Gasteiger partial charge in [-0.3, -0.25) is 0 Å². The van der Waals surface area contributed by atoms with Crippen molar-refractivity contribution in [2.75, 3.05) is 11.9 Å². The summed E-state index contributed by atoms with van der Waals surface area (Å²) in [4.78, 5) is 12.3. The quantitative estimate of drug-likeness (QED) is 0.815. The average Bonchev–Trinajstić information content (AvgIpc) is 2.86. The highest BCUT2D eigenvalue weighted by molar-refractivity contribution is 6.30. The maximum atomic E-state index is 6.08. The number of anilines is 1. The predicted molar refractivity (Wildman–Crippen MR) is 71.8 cm³/mol. The minimum Gasteiger partial charge on any atom is -0.368 e. The lowest BCUT2D eigenvalue weighted by atomic mass is 10.2. The second-order valence-corrected chi connectivity index (χ2v) is 4.33. The Balaban J connectivity index is 1.98. The van der Waals surface area contributed by atoms with Gasteiger partial charge in [0.25, 0.3) is 0 Å². The number of hydrogen-bond acceptors (Lipinski definition) is 4. The lowest BCUT2D eigenvalue weighted by Crippen LogP contribution is -2.12. The smallest absolute Gasteiger partial charge is 0.137 e. The van der Waals surface area contributed by atoms with Crippen LogP contribution < -0.4 is 5.32 Å². The van der Waals surface area contributed by atoms with Gasteiger partial charge in [0, 0.05) is 31.0 Å². The number of rotatable bonds is 6. The minimum atomic E-state index is 0.539. The summed E-state index contributed by atoms with van der Waals surface area (Å²) in [5.74, 6) is 0.831. The summed E-state index contributed by atoms with van der Waals surface area (Å²) in [6, 6.07) is 0. The second kappa shape index (κ2) is 6.35. The molecule has 0 aliphatic heterocycles. The zero-order valence-corrected chi connectivity index (χ0v) is 11.1. The predicted octanol–water partition coefficient (Wildman–Crippen LogP) is 2.39. The molecule has 0 aliphatic rings. The van der Waals surface area contributed by atoms with E-state index in [9.17, 15) is 0 Å². The van der Waals surface area contributed by atoms with Crippen LogP contribution in [0.15, 0.2) is 25.0 Å². The van der Waals surface area contributed by atoms with E-state index in [4.69, 9.17) is 11.6 Å². The fourth-order valence-corrected chi connectivity index (χ4v) is 1.96. The van der Waals surface area contributed by atoms with Gasteiger partial charge >= 0.3 is 0 Å². The van der Waals surface area contributed by atoms with Crippen LogP contribution in [0.25, 0.3) is 0 Å². The number of hydrogen-bond donors (Lipinski definition) is 1. The van der Waals surface area contributed by atoms with Gasteiger partial charge in [-0.05, 0) is 6.42 Å². The molecule has 0 saturated heterocycles. The molecule has 2 aromatic rings. The number of aromatic nitrogens is 4. The third kappa shape index (κ3) is 3.20. The van der Waals surface area contributed by atoms with E-state index in [0.29, 0.717) is 5.15 Å².